The summed E-state index contributed by atoms with van der Waals surface area (Å²) in [5.41, 5.74) is 0. The van der Waals surface area contributed by atoms with Crippen LogP contribution < -0.4 is 0 Å². The van der Waals surface area contributed by atoms with Gasteiger partial charge < -0.3 is 5.11 Å². The molecule has 0 atom stereocenters. The molecule has 0 aromatic heterocycles. The molecule has 0 bridgehead atoms. The van der Waals surface area contributed by atoms with Crippen molar-refractivity contribution >= 4 is 0 Å². The van der Waals surface area contributed by atoms with Gasteiger partial charge in [-0.1, -0.05) is 26.2 Å². The van der Waals surface area contributed by atoms with Crippen molar-refractivity contribution in [2.75, 3.05) is 0 Å². The van der Waals surface area contributed by atoms with Gasteiger partial charge in [-0.05, 0) is 19.4 Å². The molecule has 0 saturated carbocycles. The number of aliphatic hydroxyl groups excluding tert-OH is 1. The van der Waals surface area contributed by atoms with Crippen LogP contribution in [-0.2, 0) is 0 Å². The topological polar surface area (TPSA) is 20.2 Å². The molecule has 0 radical (unpaired) electrons. The Labute approximate surface area is 63.8 Å². The molecule has 0 amide bonds. The highest BCUT2D eigenvalue weighted by Crippen LogP contribution is 2.06. The molecule has 1 nitrogen and oxygen atoms in total. The Kier molecular flexibility index (Phi) is 6.35. The number of hydrogen-bond donors (Lipinski definition) is 1. The molecule has 10 heavy (non-hydrogen) atoms. The highest BCUT2D eigenvalue weighted by molar-refractivity contribution is 4.86. The van der Waals surface area contributed by atoms with Crippen molar-refractivity contribution in [2.45, 2.75) is 46.0 Å². The van der Waals surface area contributed by atoms with Crippen molar-refractivity contribution in [3.05, 3.63) is 11.8 Å². The fourth-order valence-electron chi connectivity index (χ4n) is 0.877. The number of hydrogen-bond acceptors (Lipinski definition) is 1. The first-order valence-electron chi connectivity index (χ1n) is 4.15. The maximum atomic E-state index is 9.02. The van der Waals surface area contributed by atoms with Gasteiger partial charge in [-0.25, -0.2) is 0 Å². The summed E-state index contributed by atoms with van der Waals surface area (Å²) in [5.74, 6) is 0.538. The third kappa shape index (κ3) is 5.67. The largest absolute Gasteiger partial charge is 0.513 e. The van der Waals surface area contributed by atoms with Crippen LogP contribution in [0, 0.1) is 0 Å². The van der Waals surface area contributed by atoms with Gasteiger partial charge in [0.1, 0.15) is 0 Å². The summed E-state index contributed by atoms with van der Waals surface area (Å²) in [7, 11) is 0. The lowest BCUT2D eigenvalue weighted by Crippen LogP contribution is -1.81. The standard InChI is InChI=1S/C9H18O/c1-3-5-6-7-8-9(10)4-2/h4,10H,3,5-8H2,1-2H3. The van der Waals surface area contributed by atoms with Crippen molar-refractivity contribution in [3.63, 3.8) is 0 Å². The normalized spacial score (nSPS) is 12.0. The molecule has 0 fully saturated rings. The minimum absolute atomic E-state index is 0.538. The predicted molar refractivity (Wildman–Crippen MR) is 45.1 cm³/mol. The maximum Gasteiger partial charge on any atom is 0.0880 e. The number of aliphatic hydroxyl groups is 1. The first-order chi connectivity index (χ1) is 4.81. The Bertz CT molecular complexity index is 94.9. The monoisotopic (exact) mass is 142 g/mol. The van der Waals surface area contributed by atoms with Crippen LogP contribution in [-0.4, -0.2) is 5.11 Å². The third-order valence-electron chi connectivity index (χ3n) is 1.62. The molecule has 0 aliphatic carbocycles. The SMILES string of the molecule is CC=C(O)CCCCCC. The lowest BCUT2D eigenvalue weighted by Gasteiger charge is -1.97. The van der Waals surface area contributed by atoms with Crippen LogP contribution in [0.1, 0.15) is 46.0 Å². The molecule has 1 heteroatoms. The zero-order valence-corrected chi connectivity index (χ0v) is 7.06. The molecular weight excluding hydrogens is 124 g/mol. The lowest BCUT2D eigenvalue weighted by molar-refractivity contribution is 0.379. The Hall–Kier alpha value is -0.460. The van der Waals surface area contributed by atoms with Gasteiger partial charge in [0.05, 0.1) is 5.76 Å². The van der Waals surface area contributed by atoms with Gasteiger partial charge in [-0.15, -0.1) is 0 Å². The van der Waals surface area contributed by atoms with Gasteiger partial charge >= 0.3 is 0 Å². The smallest absolute Gasteiger partial charge is 0.0880 e. The van der Waals surface area contributed by atoms with Crippen molar-refractivity contribution in [1.29, 1.82) is 0 Å². The molecular formula is C9H18O. The molecule has 1 N–H and O–H groups in total. The minimum Gasteiger partial charge on any atom is -0.513 e. The molecule has 0 aliphatic heterocycles. The zero-order chi connectivity index (χ0) is 7.82. The van der Waals surface area contributed by atoms with Gasteiger partial charge in [0, 0.05) is 6.42 Å². The van der Waals surface area contributed by atoms with Gasteiger partial charge in [0.15, 0.2) is 0 Å². The van der Waals surface area contributed by atoms with E-state index in [1.165, 1.54) is 19.3 Å². The fraction of sp³-hybridized carbons (Fsp3) is 0.778. The molecule has 0 aromatic rings. The molecule has 0 spiro atoms. The average molecular weight is 142 g/mol. The summed E-state index contributed by atoms with van der Waals surface area (Å²) in [5, 5.41) is 9.02. The van der Waals surface area contributed by atoms with Crippen LogP contribution in [0.25, 0.3) is 0 Å². The number of rotatable bonds is 5. The first kappa shape index (κ1) is 9.54. The summed E-state index contributed by atoms with van der Waals surface area (Å²) in [4.78, 5) is 0. The second-order valence-corrected chi connectivity index (χ2v) is 2.59. The number of allylic oxidation sites excluding steroid dienone is 2. The van der Waals surface area contributed by atoms with E-state index in [0.29, 0.717) is 5.76 Å². The van der Waals surface area contributed by atoms with Crippen molar-refractivity contribution < 1.29 is 5.11 Å². The minimum atomic E-state index is 0.538. The van der Waals surface area contributed by atoms with Gasteiger partial charge in [0.2, 0.25) is 0 Å². The summed E-state index contributed by atoms with van der Waals surface area (Å²) in [6, 6.07) is 0. The molecule has 0 aromatic carbocycles. The van der Waals surface area contributed by atoms with Crippen LogP contribution in [0.2, 0.25) is 0 Å². The summed E-state index contributed by atoms with van der Waals surface area (Å²) in [6.07, 6.45) is 7.55. The highest BCUT2D eigenvalue weighted by Gasteiger charge is 1.90. The molecule has 0 heterocycles. The van der Waals surface area contributed by atoms with Crippen molar-refractivity contribution in [1.82, 2.24) is 0 Å². The van der Waals surface area contributed by atoms with E-state index in [9.17, 15) is 0 Å². The third-order valence-corrected chi connectivity index (χ3v) is 1.62. The fourth-order valence-corrected chi connectivity index (χ4v) is 0.877. The highest BCUT2D eigenvalue weighted by atomic mass is 16.3. The Balaban J connectivity index is 3.04. The van der Waals surface area contributed by atoms with Crippen LogP contribution >= 0.6 is 0 Å². The van der Waals surface area contributed by atoms with E-state index < -0.39 is 0 Å². The predicted octanol–water partition coefficient (Wildman–Crippen LogP) is 3.42. The molecule has 0 unspecified atom stereocenters. The first-order valence-corrected chi connectivity index (χ1v) is 4.15. The van der Waals surface area contributed by atoms with Crippen LogP contribution in [0.15, 0.2) is 11.8 Å². The van der Waals surface area contributed by atoms with E-state index in [1.807, 2.05) is 6.92 Å². The number of unbranched alkanes of at least 4 members (excludes halogenated alkanes) is 3. The molecule has 0 aliphatic rings. The summed E-state index contributed by atoms with van der Waals surface area (Å²) in [6.45, 7) is 4.06. The van der Waals surface area contributed by atoms with Gasteiger partial charge in [-0.2, -0.15) is 0 Å². The van der Waals surface area contributed by atoms with Crippen LogP contribution in [0.5, 0.6) is 0 Å². The molecule has 0 rings (SSSR count). The summed E-state index contributed by atoms with van der Waals surface area (Å²) < 4.78 is 0. The Morgan fingerprint density at radius 3 is 2.50 bits per heavy atom. The van der Waals surface area contributed by atoms with E-state index in [-0.39, 0.29) is 0 Å². The van der Waals surface area contributed by atoms with Gasteiger partial charge in [-0.3, -0.25) is 0 Å². The van der Waals surface area contributed by atoms with E-state index in [2.05, 4.69) is 6.92 Å². The Morgan fingerprint density at radius 1 is 1.30 bits per heavy atom. The van der Waals surface area contributed by atoms with E-state index in [1.54, 1.807) is 6.08 Å². The van der Waals surface area contributed by atoms with Crippen molar-refractivity contribution in [2.24, 2.45) is 0 Å². The van der Waals surface area contributed by atoms with Crippen LogP contribution in [0.3, 0.4) is 0 Å². The van der Waals surface area contributed by atoms with Crippen LogP contribution in [0.4, 0.5) is 0 Å². The zero-order valence-electron chi connectivity index (χ0n) is 7.06. The van der Waals surface area contributed by atoms with E-state index in [4.69, 9.17) is 5.11 Å². The quantitative estimate of drug-likeness (QED) is 0.460. The second-order valence-electron chi connectivity index (χ2n) is 2.59. The second kappa shape index (κ2) is 6.66. The Morgan fingerprint density at radius 2 is 2.00 bits per heavy atom. The van der Waals surface area contributed by atoms with Gasteiger partial charge in [0.25, 0.3) is 0 Å². The summed E-state index contributed by atoms with van der Waals surface area (Å²) >= 11 is 0. The van der Waals surface area contributed by atoms with E-state index in [0.717, 1.165) is 12.8 Å². The lowest BCUT2D eigenvalue weighted by atomic mass is 10.1. The maximum absolute atomic E-state index is 9.02. The van der Waals surface area contributed by atoms with Crippen molar-refractivity contribution in [3.8, 4) is 0 Å². The molecule has 60 valence electrons. The average Bonchev–Trinajstić information content (AvgIpc) is 1.98. The van der Waals surface area contributed by atoms with E-state index >= 15 is 0 Å². The molecule has 0 saturated heterocycles.